The molecule has 5 aliphatic rings. The van der Waals surface area contributed by atoms with E-state index < -0.39 is 17.1 Å². The van der Waals surface area contributed by atoms with Gasteiger partial charge in [-0.15, -0.1) is 0 Å². The van der Waals surface area contributed by atoms with Crippen LogP contribution in [0.4, 0.5) is 0 Å². The fourth-order valence-corrected chi connectivity index (χ4v) is 7.84. The average molecular weight is 383 g/mol. The number of carbonyl (C=O) groups excluding carboxylic acids is 2. The van der Waals surface area contributed by atoms with Gasteiger partial charge in [0.2, 0.25) is 0 Å². The van der Waals surface area contributed by atoms with Crippen molar-refractivity contribution >= 4 is 17.5 Å². The summed E-state index contributed by atoms with van der Waals surface area (Å²) < 4.78 is 6.05. The van der Waals surface area contributed by atoms with Gasteiger partial charge in [-0.25, -0.2) is 4.99 Å². The number of ketones is 2. The molecule has 5 heteroatoms. The number of fused-ring (bicyclic) bond motifs is 7. The number of rotatable bonds is 1. The molecule has 3 saturated carbocycles. The highest BCUT2D eigenvalue weighted by Crippen LogP contribution is 2.69. The van der Waals surface area contributed by atoms with Crippen LogP contribution < -0.4 is 0 Å². The van der Waals surface area contributed by atoms with Crippen LogP contribution in [0.3, 0.4) is 0 Å². The number of aliphatic imine (C=N–C) groups is 1. The second-order valence-corrected chi connectivity index (χ2v) is 10.0. The van der Waals surface area contributed by atoms with Crippen molar-refractivity contribution in [3.8, 4) is 0 Å². The number of carbonyl (C=O) groups is 2. The molecule has 0 unspecified atom stereocenters. The van der Waals surface area contributed by atoms with E-state index in [0.717, 1.165) is 24.8 Å². The van der Waals surface area contributed by atoms with Crippen molar-refractivity contribution in [2.24, 2.45) is 33.6 Å². The third kappa shape index (κ3) is 1.94. The second kappa shape index (κ2) is 5.44. The number of hydrogen-bond acceptors (Lipinski definition) is 5. The van der Waals surface area contributed by atoms with Crippen molar-refractivity contribution in [2.75, 3.05) is 0 Å². The summed E-state index contributed by atoms with van der Waals surface area (Å²) in [6.07, 6.45) is 7.84. The highest BCUT2D eigenvalue weighted by atomic mass is 16.5. The van der Waals surface area contributed by atoms with Crippen molar-refractivity contribution in [1.29, 1.82) is 0 Å². The van der Waals surface area contributed by atoms with Crippen molar-refractivity contribution in [3.05, 3.63) is 23.8 Å². The van der Waals surface area contributed by atoms with E-state index in [4.69, 9.17) is 9.73 Å². The molecule has 0 aromatic heterocycles. The van der Waals surface area contributed by atoms with Crippen LogP contribution >= 0.6 is 0 Å². The Morgan fingerprint density at radius 2 is 2.11 bits per heavy atom. The van der Waals surface area contributed by atoms with E-state index in [-0.39, 0.29) is 40.8 Å². The average Bonchev–Trinajstić information content (AvgIpc) is 3.06. The minimum atomic E-state index is -0.872. The SMILES string of the molecule is CC(=O)[C@]12N=C(C)O[C@H]1C[C@H]1[C@@H]3CCC4=CC(=O)C=C[C@@]4(C)[C@H]3[C@@H](O)C[C@@]12C. The lowest BCUT2D eigenvalue weighted by atomic mass is 9.46. The monoisotopic (exact) mass is 383 g/mol. The summed E-state index contributed by atoms with van der Waals surface area (Å²) in [5.74, 6) is 1.31. The van der Waals surface area contributed by atoms with Crippen LogP contribution in [0.15, 0.2) is 28.8 Å². The molecule has 5 nitrogen and oxygen atoms in total. The predicted octanol–water partition coefficient (Wildman–Crippen LogP) is 3.02. The number of nitrogens with zero attached hydrogens (tertiary/aromatic N) is 1. The molecule has 4 aliphatic carbocycles. The smallest absolute Gasteiger partial charge is 0.181 e. The number of aliphatic hydroxyl groups excluding tert-OH is 1. The lowest BCUT2D eigenvalue weighted by Gasteiger charge is -2.59. The summed E-state index contributed by atoms with van der Waals surface area (Å²) in [6.45, 7) is 7.77. The van der Waals surface area contributed by atoms with Crippen molar-refractivity contribution in [2.45, 2.75) is 71.1 Å². The normalized spacial score (nSPS) is 51.3. The minimum Gasteiger partial charge on any atom is -0.475 e. The molecule has 5 rings (SSSR count). The third-order valence-corrected chi connectivity index (χ3v) is 8.87. The van der Waals surface area contributed by atoms with Gasteiger partial charge in [-0.05, 0) is 56.6 Å². The van der Waals surface area contributed by atoms with Crippen LogP contribution in [0.5, 0.6) is 0 Å². The first-order chi connectivity index (χ1) is 13.1. The quantitative estimate of drug-likeness (QED) is 0.755. The zero-order chi connectivity index (χ0) is 20.1. The Morgan fingerprint density at radius 3 is 2.82 bits per heavy atom. The standard InChI is InChI=1S/C23H29NO4/c1-12(25)23-19(28-13(2)24-23)10-17-16-6-5-14-9-15(26)7-8-21(14,3)20(16)18(27)11-22(17,23)4/h7-9,16-20,27H,5-6,10-11H2,1-4H3/t16-,17-,18-,19-,20+,21+,22-,23-/m0/s1. The van der Waals surface area contributed by atoms with Gasteiger partial charge in [0.05, 0.1) is 6.10 Å². The molecular weight excluding hydrogens is 354 g/mol. The minimum absolute atomic E-state index is 0.0465. The summed E-state index contributed by atoms with van der Waals surface area (Å²) in [4.78, 5) is 29.6. The van der Waals surface area contributed by atoms with Crippen LogP contribution in [0.2, 0.25) is 0 Å². The predicted molar refractivity (Wildman–Crippen MR) is 105 cm³/mol. The zero-order valence-corrected chi connectivity index (χ0v) is 17.1. The van der Waals surface area contributed by atoms with Gasteiger partial charge in [0, 0.05) is 23.7 Å². The Hall–Kier alpha value is -1.75. The van der Waals surface area contributed by atoms with Crippen molar-refractivity contribution in [3.63, 3.8) is 0 Å². The van der Waals surface area contributed by atoms with Crippen LogP contribution in [-0.4, -0.2) is 40.3 Å². The van der Waals surface area contributed by atoms with E-state index >= 15 is 0 Å². The largest absolute Gasteiger partial charge is 0.475 e. The van der Waals surface area contributed by atoms with E-state index in [0.29, 0.717) is 12.3 Å². The first-order valence-electron chi connectivity index (χ1n) is 10.5. The summed E-state index contributed by atoms with van der Waals surface area (Å²) in [6, 6.07) is 0. The molecule has 8 atom stereocenters. The van der Waals surface area contributed by atoms with Gasteiger partial charge >= 0.3 is 0 Å². The van der Waals surface area contributed by atoms with Crippen LogP contribution in [0, 0.1) is 28.6 Å². The molecule has 0 bridgehead atoms. The maximum absolute atomic E-state index is 12.9. The highest BCUT2D eigenvalue weighted by Gasteiger charge is 2.73. The second-order valence-electron chi connectivity index (χ2n) is 10.0. The van der Waals surface area contributed by atoms with Gasteiger partial charge in [0.25, 0.3) is 0 Å². The molecule has 0 aromatic carbocycles. The molecule has 1 heterocycles. The lowest BCUT2D eigenvalue weighted by Crippen LogP contribution is -2.61. The van der Waals surface area contributed by atoms with Gasteiger partial charge in [-0.3, -0.25) is 9.59 Å². The van der Waals surface area contributed by atoms with Crippen LogP contribution in [0.1, 0.15) is 53.4 Å². The molecule has 0 radical (unpaired) electrons. The topological polar surface area (TPSA) is 76.0 Å². The molecule has 150 valence electrons. The molecule has 0 saturated heterocycles. The fourth-order valence-electron chi connectivity index (χ4n) is 7.84. The Morgan fingerprint density at radius 1 is 1.36 bits per heavy atom. The first-order valence-corrected chi connectivity index (χ1v) is 10.5. The van der Waals surface area contributed by atoms with Gasteiger partial charge in [0.15, 0.2) is 23.0 Å². The number of allylic oxidation sites excluding steroid dienone is 4. The Balaban J connectivity index is 1.61. The maximum atomic E-state index is 12.9. The number of ether oxygens (including phenoxy) is 1. The molecule has 0 spiro atoms. The van der Waals surface area contributed by atoms with Gasteiger partial charge < -0.3 is 9.84 Å². The van der Waals surface area contributed by atoms with Gasteiger partial charge in [-0.1, -0.05) is 25.5 Å². The lowest BCUT2D eigenvalue weighted by molar-refractivity contribution is -0.142. The van der Waals surface area contributed by atoms with Crippen LogP contribution in [0.25, 0.3) is 0 Å². The van der Waals surface area contributed by atoms with Gasteiger partial charge in [-0.2, -0.15) is 0 Å². The van der Waals surface area contributed by atoms with E-state index in [1.54, 1.807) is 19.1 Å². The summed E-state index contributed by atoms with van der Waals surface area (Å²) in [5.41, 5.74) is -0.427. The number of Topliss-reactive ketones (excluding diaryl/α,β-unsaturated/α-hetero) is 1. The summed E-state index contributed by atoms with van der Waals surface area (Å²) in [5, 5.41) is 11.4. The maximum Gasteiger partial charge on any atom is 0.181 e. The van der Waals surface area contributed by atoms with E-state index in [1.807, 2.05) is 13.0 Å². The first kappa shape index (κ1) is 18.3. The molecule has 1 N–H and O–H groups in total. The summed E-state index contributed by atoms with van der Waals surface area (Å²) >= 11 is 0. The molecule has 1 aliphatic heterocycles. The van der Waals surface area contributed by atoms with E-state index in [2.05, 4.69) is 13.8 Å². The zero-order valence-electron chi connectivity index (χ0n) is 17.1. The summed E-state index contributed by atoms with van der Waals surface area (Å²) in [7, 11) is 0. The molecular formula is C23H29NO4. The van der Waals surface area contributed by atoms with Gasteiger partial charge in [0.1, 0.15) is 6.10 Å². The van der Waals surface area contributed by atoms with E-state index in [1.165, 1.54) is 0 Å². The Kier molecular flexibility index (Phi) is 3.55. The van der Waals surface area contributed by atoms with Crippen LogP contribution in [-0.2, 0) is 14.3 Å². The molecule has 0 amide bonds. The number of aliphatic hydroxyl groups is 1. The molecule has 28 heavy (non-hydrogen) atoms. The van der Waals surface area contributed by atoms with Crippen molar-refractivity contribution < 1.29 is 19.4 Å². The number of hydrogen-bond donors (Lipinski definition) is 1. The molecule has 3 fully saturated rings. The Labute approximate surface area is 165 Å². The fraction of sp³-hybridized carbons (Fsp3) is 0.696. The van der Waals surface area contributed by atoms with E-state index in [9.17, 15) is 14.7 Å². The third-order valence-electron chi connectivity index (χ3n) is 8.87. The Bertz CT molecular complexity index is 872. The molecule has 0 aromatic rings. The highest BCUT2D eigenvalue weighted by molar-refractivity contribution is 6.01. The van der Waals surface area contributed by atoms with Crippen molar-refractivity contribution in [1.82, 2.24) is 0 Å².